The maximum atomic E-state index is 12.3. The number of nitrogens with zero attached hydrogens (tertiary/aromatic N) is 3. The Hall–Kier alpha value is -3.21. The number of carbonyl (C=O) groups is 1. The number of fused-ring (bicyclic) bond motifs is 1. The average Bonchev–Trinajstić information content (AvgIpc) is 2.73. The van der Waals surface area contributed by atoms with Gasteiger partial charge < -0.3 is 10.2 Å². The summed E-state index contributed by atoms with van der Waals surface area (Å²) in [6.45, 7) is 2.26. The van der Waals surface area contributed by atoms with Crippen LogP contribution < -0.4 is 10.2 Å². The molecule has 0 fully saturated rings. The van der Waals surface area contributed by atoms with E-state index in [0.29, 0.717) is 13.0 Å². The van der Waals surface area contributed by atoms with Gasteiger partial charge in [0.1, 0.15) is 5.82 Å². The second kappa shape index (κ2) is 7.99. The standard InChI is InChI=1S/C22H22N4O/c27-21(13-17-5-3-10-23-14-17)25-15-19-8-4-11-24-22(19)26-12-9-18-6-1-2-7-20(18)16-26/h1-8,10-11,14H,9,12-13,15-16H2,(H,25,27). The molecule has 0 saturated heterocycles. The minimum Gasteiger partial charge on any atom is -0.352 e. The van der Waals surface area contributed by atoms with Gasteiger partial charge in [0.2, 0.25) is 5.91 Å². The summed E-state index contributed by atoms with van der Waals surface area (Å²) in [5.74, 6) is 0.940. The maximum Gasteiger partial charge on any atom is 0.224 e. The summed E-state index contributed by atoms with van der Waals surface area (Å²) >= 11 is 0. The van der Waals surface area contributed by atoms with Gasteiger partial charge >= 0.3 is 0 Å². The van der Waals surface area contributed by atoms with Gasteiger partial charge in [0.15, 0.2) is 0 Å². The van der Waals surface area contributed by atoms with Crippen molar-refractivity contribution in [2.24, 2.45) is 0 Å². The quantitative estimate of drug-likeness (QED) is 0.762. The van der Waals surface area contributed by atoms with Gasteiger partial charge in [0, 0.05) is 43.8 Å². The number of hydrogen-bond acceptors (Lipinski definition) is 4. The molecule has 0 bridgehead atoms. The molecule has 0 spiro atoms. The Morgan fingerprint density at radius 2 is 1.89 bits per heavy atom. The third kappa shape index (κ3) is 4.14. The Balaban J connectivity index is 1.43. The Morgan fingerprint density at radius 1 is 1.04 bits per heavy atom. The Kier molecular flexibility index (Phi) is 5.10. The highest BCUT2D eigenvalue weighted by Crippen LogP contribution is 2.25. The van der Waals surface area contributed by atoms with Crippen LogP contribution in [0, 0.1) is 0 Å². The second-order valence-electron chi connectivity index (χ2n) is 6.74. The predicted molar refractivity (Wildman–Crippen MR) is 105 cm³/mol. The van der Waals surface area contributed by atoms with E-state index in [0.717, 1.165) is 36.5 Å². The van der Waals surface area contributed by atoms with Crippen molar-refractivity contribution in [1.29, 1.82) is 0 Å². The summed E-state index contributed by atoms with van der Waals surface area (Å²) in [6, 6.07) is 16.3. The lowest BCUT2D eigenvalue weighted by molar-refractivity contribution is -0.120. The SMILES string of the molecule is O=C(Cc1cccnc1)NCc1cccnc1N1CCc2ccccc2C1. The van der Waals surface area contributed by atoms with E-state index < -0.39 is 0 Å². The molecular formula is C22H22N4O. The van der Waals surface area contributed by atoms with Gasteiger partial charge in [-0.2, -0.15) is 0 Å². The van der Waals surface area contributed by atoms with E-state index in [2.05, 4.69) is 44.5 Å². The first-order valence-corrected chi connectivity index (χ1v) is 9.21. The van der Waals surface area contributed by atoms with Crippen molar-refractivity contribution in [2.75, 3.05) is 11.4 Å². The van der Waals surface area contributed by atoms with E-state index in [-0.39, 0.29) is 5.91 Å². The molecule has 0 unspecified atom stereocenters. The van der Waals surface area contributed by atoms with E-state index in [9.17, 15) is 4.79 Å². The Morgan fingerprint density at radius 3 is 2.74 bits per heavy atom. The minimum absolute atomic E-state index is 0.0122. The predicted octanol–water partition coefficient (Wildman–Crippen LogP) is 2.90. The number of carbonyl (C=O) groups excluding carboxylic acids is 1. The molecule has 4 rings (SSSR count). The van der Waals surface area contributed by atoms with Crippen molar-refractivity contribution >= 4 is 11.7 Å². The van der Waals surface area contributed by atoms with Gasteiger partial charge in [0.25, 0.3) is 0 Å². The smallest absolute Gasteiger partial charge is 0.224 e. The molecule has 1 aromatic carbocycles. The highest BCUT2D eigenvalue weighted by Gasteiger charge is 2.19. The van der Waals surface area contributed by atoms with Crippen LogP contribution in [0.3, 0.4) is 0 Å². The fourth-order valence-electron chi connectivity index (χ4n) is 3.47. The molecule has 1 aliphatic heterocycles. The van der Waals surface area contributed by atoms with E-state index in [4.69, 9.17) is 0 Å². The monoisotopic (exact) mass is 358 g/mol. The van der Waals surface area contributed by atoms with E-state index >= 15 is 0 Å². The summed E-state index contributed by atoms with van der Waals surface area (Å²) in [7, 11) is 0. The number of rotatable bonds is 5. The van der Waals surface area contributed by atoms with Crippen LogP contribution in [0.2, 0.25) is 0 Å². The topological polar surface area (TPSA) is 58.1 Å². The fourth-order valence-corrected chi connectivity index (χ4v) is 3.47. The first-order valence-electron chi connectivity index (χ1n) is 9.21. The van der Waals surface area contributed by atoms with Crippen LogP contribution in [-0.2, 0) is 30.7 Å². The third-order valence-corrected chi connectivity index (χ3v) is 4.86. The van der Waals surface area contributed by atoms with Gasteiger partial charge in [-0.25, -0.2) is 4.98 Å². The summed E-state index contributed by atoms with van der Waals surface area (Å²) in [6.07, 6.45) is 6.59. The van der Waals surface area contributed by atoms with E-state index in [1.807, 2.05) is 30.5 Å². The zero-order valence-corrected chi connectivity index (χ0v) is 15.1. The van der Waals surface area contributed by atoms with Crippen molar-refractivity contribution in [1.82, 2.24) is 15.3 Å². The minimum atomic E-state index is -0.0122. The average molecular weight is 358 g/mol. The normalized spacial score (nSPS) is 13.1. The summed E-state index contributed by atoms with van der Waals surface area (Å²) in [5, 5.41) is 3.01. The van der Waals surface area contributed by atoms with Gasteiger partial charge in [-0.15, -0.1) is 0 Å². The van der Waals surface area contributed by atoms with E-state index in [1.54, 1.807) is 12.4 Å². The van der Waals surface area contributed by atoms with Crippen molar-refractivity contribution in [3.63, 3.8) is 0 Å². The van der Waals surface area contributed by atoms with Crippen LogP contribution in [0.4, 0.5) is 5.82 Å². The lowest BCUT2D eigenvalue weighted by atomic mass is 9.99. The van der Waals surface area contributed by atoms with Gasteiger partial charge in [-0.05, 0) is 35.2 Å². The molecular weight excluding hydrogens is 336 g/mol. The van der Waals surface area contributed by atoms with Crippen LogP contribution in [-0.4, -0.2) is 22.4 Å². The molecule has 1 N–H and O–H groups in total. The van der Waals surface area contributed by atoms with E-state index in [1.165, 1.54) is 11.1 Å². The highest BCUT2D eigenvalue weighted by molar-refractivity contribution is 5.78. The number of anilines is 1. The molecule has 0 aliphatic carbocycles. The summed E-state index contributed by atoms with van der Waals surface area (Å²) in [5.41, 5.74) is 4.71. The fraction of sp³-hybridized carbons (Fsp3) is 0.227. The molecule has 5 nitrogen and oxygen atoms in total. The maximum absolute atomic E-state index is 12.3. The molecule has 1 amide bonds. The summed E-state index contributed by atoms with van der Waals surface area (Å²) < 4.78 is 0. The molecule has 0 atom stereocenters. The van der Waals surface area contributed by atoms with Crippen LogP contribution in [0.5, 0.6) is 0 Å². The molecule has 0 saturated carbocycles. The molecule has 27 heavy (non-hydrogen) atoms. The van der Waals surface area contributed by atoms with Crippen LogP contribution in [0.1, 0.15) is 22.3 Å². The Bertz CT molecular complexity index is 926. The zero-order valence-electron chi connectivity index (χ0n) is 15.1. The number of pyridine rings is 2. The van der Waals surface area contributed by atoms with Crippen LogP contribution in [0.15, 0.2) is 67.1 Å². The molecule has 3 aromatic rings. The van der Waals surface area contributed by atoms with Crippen molar-refractivity contribution in [2.45, 2.75) is 25.9 Å². The van der Waals surface area contributed by atoms with Crippen molar-refractivity contribution in [3.05, 3.63) is 89.4 Å². The zero-order chi connectivity index (χ0) is 18.5. The lowest BCUT2D eigenvalue weighted by Crippen LogP contribution is -2.33. The highest BCUT2D eigenvalue weighted by atomic mass is 16.1. The van der Waals surface area contributed by atoms with Crippen molar-refractivity contribution < 1.29 is 4.79 Å². The molecule has 136 valence electrons. The molecule has 5 heteroatoms. The van der Waals surface area contributed by atoms with Crippen molar-refractivity contribution in [3.8, 4) is 0 Å². The third-order valence-electron chi connectivity index (χ3n) is 4.86. The number of amides is 1. The van der Waals surface area contributed by atoms with Gasteiger partial charge in [0.05, 0.1) is 6.42 Å². The first-order chi connectivity index (χ1) is 13.3. The first kappa shape index (κ1) is 17.2. The number of aromatic nitrogens is 2. The van der Waals surface area contributed by atoms with Gasteiger partial charge in [-0.3, -0.25) is 9.78 Å². The second-order valence-corrected chi connectivity index (χ2v) is 6.74. The number of hydrogen-bond donors (Lipinski definition) is 1. The Labute approximate surface area is 159 Å². The molecule has 3 heterocycles. The number of nitrogens with one attached hydrogen (secondary N) is 1. The molecule has 0 radical (unpaired) electrons. The summed E-state index contributed by atoms with van der Waals surface area (Å²) in [4.78, 5) is 23.2. The van der Waals surface area contributed by atoms with Crippen LogP contribution >= 0.6 is 0 Å². The van der Waals surface area contributed by atoms with Gasteiger partial charge in [-0.1, -0.05) is 36.4 Å². The largest absolute Gasteiger partial charge is 0.352 e. The molecule has 1 aliphatic rings. The lowest BCUT2D eigenvalue weighted by Gasteiger charge is -2.31. The number of benzene rings is 1. The molecule has 2 aromatic heterocycles. The van der Waals surface area contributed by atoms with Crippen LogP contribution in [0.25, 0.3) is 0 Å².